The minimum atomic E-state index is -0.677. The van der Waals surface area contributed by atoms with E-state index in [0.29, 0.717) is 17.7 Å². The van der Waals surface area contributed by atoms with E-state index in [-0.39, 0.29) is 30.3 Å². The Kier molecular flexibility index (Phi) is 3.12. The molecule has 6 nitrogen and oxygen atoms in total. The Labute approximate surface area is 120 Å². The summed E-state index contributed by atoms with van der Waals surface area (Å²) >= 11 is 0. The predicted octanol–water partition coefficient (Wildman–Crippen LogP) is 0.628. The molecule has 7 heteroatoms. The fourth-order valence-electron chi connectivity index (χ4n) is 2.78. The number of halogens is 1. The van der Waals surface area contributed by atoms with Gasteiger partial charge in [0.05, 0.1) is 5.69 Å². The van der Waals surface area contributed by atoms with Crippen LogP contribution in [0.4, 0.5) is 10.1 Å². The lowest BCUT2D eigenvalue weighted by Gasteiger charge is -2.29. The van der Waals surface area contributed by atoms with Gasteiger partial charge >= 0.3 is 0 Å². The molecule has 1 unspecified atom stereocenters. The Morgan fingerprint density at radius 3 is 2.76 bits per heavy atom. The third kappa shape index (κ3) is 2.14. The van der Waals surface area contributed by atoms with Gasteiger partial charge in [-0.05, 0) is 24.1 Å². The monoisotopic (exact) mass is 291 g/mol. The number of nitrogens with zero attached hydrogens (tertiary/aromatic N) is 1. The highest BCUT2D eigenvalue weighted by Crippen LogP contribution is 2.30. The van der Waals surface area contributed by atoms with Crippen molar-refractivity contribution in [1.29, 1.82) is 0 Å². The van der Waals surface area contributed by atoms with Gasteiger partial charge in [-0.1, -0.05) is 0 Å². The maximum absolute atomic E-state index is 13.8. The highest BCUT2D eigenvalue weighted by atomic mass is 19.1. The second-order valence-electron chi connectivity index (χ2n) is 5.14. The lowest BCUT2D eigenvalue weighted by molar-refractivity contribution is -0.136. The van der Waals surface area contributed by atoms with Crippen molar-refractivity contribution in [3.63, 3.8) is 0 Å². The molecule has 2 aliphatic heterocycles. The van der Waals surface area contributed by atoms with Crippen LogP contribution < -0.4 is 10.6 Å². The van der Waals surface area contributed by atoms with Gasteiger partial charge in [-0.25, -0.2) is 4.39 Å². The zero-order chi connectivity index (χ0) is 15.1. The fourth-order valence-corrected chi connectivity index (χ4v) is 2.78. The van der Waals surface area contributed by atoms with Crippen molar-refractivity contribution < 1.29 is 18.8 Å². The van der Waals surface area contributed by atoms with E-state index in [1.807, 2.05) is 0 Å². The Balaban J connectivity index is 1.90. The van der Waals surface area contributed by atoms with Crippen LogP contribution in [0.1, 0.15) is 28.8 Å². The molecular weight excluding hydrogens is 277 g/mol. The number of carbonyl (C=O) groups excluding carboxylic acids is 3. The molecule has 0 aliphatic carbocycles. The van der Waals surface area contributed by atoms with Gasteiger partial charge in [-0.2, -0.15) is 0 Å². The van der Waals surface area contributed by atoms with E-state index >= 15 is 0 Å². The lowest BCUT2D eigenvalue weighted by atomic mass is 10.0. The quantitative estimate of drug-likeness (QED) is 0.783. The van der Waals surface area contributed by atoms with E-state index in [1.165, 1.54) is 11.0 Å². The summed E-state index contributed by atoms with van der Waals surface area (Å²) < 4.78 is 13.8. The summed E-state index contributed by atoms with van der Waals surface area (Å²) in [4.78, 5) is 36.8. The van der Waals surface area contributed by atoms with Crippen LogP contribution in [0.3, 0.4) is 0 Å². The highest BCUT2D eigenvalue weighted by Gasteiger charge is 2.39. The van der Waals surface area contributed by atoms with Gasteiger partial charge in [-0.3, -0.25) is 19.7 Å². The van der Waals surface area contributed by atoms with Crippen LogP contribution in [0, 0.1) is 5.82 Å². The molecule has 21 heavy (non-hydrogen) atoms. The molecule has 3 rings (SSSR count). The SMILES string of the molecule is CNc1cc2c(cc1F)C(=O)N(C1CCC(=O)NC1=O)C2. The number of piperidine rings is 1. The fraction of sp³-hybridized carbons (Fsp3) is 0.357. The molecule has 1 aromatic carbocycles. The van der Waals surface area contributed by atoms with Crippen molar-refractivity contribution in [2.75, 3.05) is 12.4 Å². The van der Waals surface area contributed by atoms with Gasteiger partial charge in [0.1, 0.15) is 11.9 Å². The highest BCUT2D eigenvalue weighted by molar-refractivity contribution is 6.05. The van der Waals surface area contributed by atoms with Crippen molar-refractivity contribution in [2.45, 2.75) is 25.4 Å². The average Bonchev–Trinajstić information content (AvgIpc) is 2.75. The Bertz CT molecular complexity index is 659. The number of imide groups is 1. The van der Waals surface area contributed by atoms with Gasteiger partial charge in [0, 0.05) is 25.6 Å². The maximum Gasteiger partial charge on any atom is 0.255 e. The van der Waals surface area contributed by atoms with E-state index in [9.17, 15) is 18.8 Å². The largest absolute Gasteiger partial charge is 0.386 e. The molecule has 0 radical (unpaired) electrons. The molecule has 1 saturated heterocycles. The summed E-state index contributed by atoms with van der Waals surface area (Å²) in [5, 5.41) is 4.95. The third-order valence-electron chi connectivity index (χ3n) is 3.88. The zero-order valence-electron chi connectivity index (χ0n) is 11.4. The molecule has 1 fully saturated rings. The van der Waals surface area contributed by atoms with Crippen molar-refractivity contribution in [2.24, 2.45) is 0 Å². The van der Waals surface area contributed by atoms with Gasteiger partial charge in [-0.15, -0.1) is 0 Å². The van der Waals surface area contributed by atoms with Crippen LogP contribution in [0.25, 0.3) is 0 Å². The number of carbonyl (C=O) groups is 3. The normalized spacial score (nSPS) is 21.3. The van der Waals surface area contributed by atoms with Crippen LogP contribution in [0.15, 0.2) is 12.1 Å². The molecule has 2 N–H and O–H groups in total. The summed E-state index contributed by atoms with van der Waals surface area (Å²) in [5.74, 6) is -1.68. The molecule has 1 atom stereocenters. The number of hydrogen-bond donors (Lipinski definition) is 2. The van der Waals surface area contributed by atoms with Gasteiger partial charge in [0.25, 0.3) is 5.91 Å². The minimum Gasteiger partial charge on any atom is -0.386 e. The van der Waals surface area contributed by atoms with Gasteiger partial charge < -0.3 is 10.2 Å². The van der Waals surface area contributed by atoms with Crippen LogP contribution in [-0.4, -0.2) is 35.7 Å². The summed E-state index contributed by atoms with van der Waals surface area (Å²) in [6.45, 7) is 0.245. The van der Waals surface area contributed by atoms with Crippen molar-refractivity contribution in [3.05, 3.63) is 29.1 Å². The van der Waals surface area contributed by atoms with Crippen LogP contribution in [-0.2, 0) is 16.1 Å². The number of amides is 3. The molecule has 3 amide bonds. The molecule has 110 valence electrons. The molecule has 2 aliphatic rings. The van der Waals surface area contributed by atoms with Crippen LogP contribution >= 0.6 is 0 Å². The smallest absolute Gasteiger partial charge is 0.255 e. The van der Waals surface area contributed by atoms with Gasteiger partial charge in [0.15, 0.2) is 0 Å². The number of hydrogen-bond acceptors (Lipinski definition) is 4. The first-order valence-corrected chi connectivity index (χ1v) is 6.66. The molecular formula is C14H14FN3O3. The van der Waals surface area contributed by atoms with E-state index in [2.05, 4.69) is 10.6 Å². The first-order chi connectivity index (χ1) is 10.0. The standard InChI is InChI=1S/C14H14FN3O3/c1-16-10-4-7-6-18(14(21)8(7)5-9(10)15)11-2-3-12(19)17-13(11)20/h4-5,11,16H,2-3,6H2,1H3,(H,17,19,20). The zero-order valence-corrected chi connectivity index (χ0v) is 11.4. The first kappa shape index (κ1) is 13.5. The molecule has 0 saturated carbocycles. The topological polar surface area (TPSA) is 78.5 Å². The average molecular weight is 291 g/mol. The van der Waals surface area contributed by atoms with Crippen LogP contribution in [0.5, 0.6) is 0 Å². The van der Waals surface area contributed by atoms with E-state index in [0.717, 1.165) is 0 Å². The summed E-state index contributed by atoms with van der Waals surface area (Å²) in [6.07, 6.45) is 0.498. The Morgan fingerprint density at radius 1 is 1.33 bits per heavy atom. The van der Waals surface area contributed by atoms with Gasteiger partial charge in [0.2, 0.25) is 11.8 Å². The van der Waals surface area contributed by atoms with E-state index in [1.54, 1.807) is 13.1 Å². The Hall–Kier alpha value is -2.44. The maximum atomic E-state index is 13.8. The number of rotatable bonds is 2. The summed E-state index contributed by atoms with van der Waals surface area (Å²) in [7, 11) is 1.60. The second kappa shape index (κ2) is 4.83. The van der Waals surface area contributed by atoms with Crippen molar-refractivity contribution in [1.82, 2.24) is 10.2 Å². The molecule has 0 spiro atoms. The summed E-state index contributed by atoms with van der Waals surface area (Å²) in [5.41, 5.74) is 1.26. The molecule has 1 aromatic rings. The van der Waals surface area contributed by atoms with E-state index in [4.69, 9.17) is 0 Å². The van der Waals surface area contributed by atoms with E-state index < -0.39 is 17.8 Å². The number of anilines is 1. The van der Waals surface area contributed by atoms with Crippen molar-refractivity contribution >= 4 is 23.4 Å². The molecule has 0 aromatic heterocycles. The number of fused-ring (bicyclic) bond motifs is 1. The predicted molar refractivity (Wildman–Crippen MR) is 72.0 cm³/mol. The Morgan fingerprint density at radius 2 is 2.10 bits per heavy atom. The number of benzene rings is 1. The first-order valence-electron chi connectivity index (χ1n) is 6.66. The number of nitrogens with one attached hydrogen (secondary N) is 2. The second-order valence-corrected chi connectivity index (χ2v) is 5.14. The van der Waals surface area contributed by atoms with Crippen LogP contribution in [0.2, 0.25) is 0 Å². The molecule has 0 bridgehead atoms. The van der Waals surface area contributed by atoms with Crippen molar-refractivity contribution in [3.8, 4) is 0 Å². The summed E-state index contributed by atoms with van der Waals surface area (Å²) in [6, 6.07) is 2.09. The third-order valence-corrected chi connectivity index (χ3v) is 3.88. The molecule has 2 heterocycles. The lowest BCUT2D eigenvalue weighted by Crippen LogP contribution is -2.52. The minimum absolute atomic E-state index is 0.201.